The van der Waals surface area contributed by atoms with Crippen molar-refractivity contribution in [3.8, 4) is 0 Å². The minimum Gasteiger partial charge on any atom is -0.369 e. The summed E-state index contributed by atoms with van der Waals surface area (Å²) in [5, 5.41) is 0. The Morgan fingerprint density at radius 1 is 1.56 bits per heavy atom. The van der Waals surface area contributed by atoms with Crippen molar-refractivity contribution in [2.75, 3.05) is 6.61 Å². The van der Waals surface area contributed by atoms with Gasteiger partial charge in [-0.2, -0.15) is 0 Å². The van der Waals surface area contributed by atoms with Crippen LogP contribution in [-0.4, -0.2) is 22.2 Å². The van der Waals surface area contributed by atoms with Gasteiger partial charge in [0.2, 0.25) is 0 Å². The fourth-order valence-corrected chi connectivity index (χ4v) is 1.92. The predicted octanol–water partition coefficient (Wildman–Crippen LogP) is 1.93. The first-order valence-electron chi connectivity index (χ1n) is 5.21. The van der Waals surface area contributed by atoms with Crippen molar-refractivity contribution < 1.29 is 4.74 Å². The summed E-state index contributed by atoms with van der Waals surface area (Å²) in [6.45, 7) is 3.82. The minimum absolute atomic E-state index is 0. The zero-order chi connectivity index (χ0) is 9.97. The average molecular weight is 268 g/mol. The Bertz CT molecular complexity index is 306. The van der Waals surface area contributed by atoms with Gasteiger partial charge in [0.05, 0.1) is 0 Å². The monoisotopic (exact) mass is 267 g/mol. The Kier molecular flexibility index (Phi) is 6.99. The average Bonchev–Trinajstić information content (AvgIpc) is 2.66. The third kappa shape index (κ3) is 3.10. The summed E-state index contributed by atoms with van der Waals surface area (Å²) >= 11 is 0. The van der Waals surface area contributed by atoms with Gasteiger partial charge in [-0.3, -0.25) is 0 Å². The molecule has 0 bridgehead atoms. The van der Waals surface area contributed by atoms with Crippen LogP contribution in [0.25, 0.3) is 0 Å². The van der Waals surface area contributed by atoms with Gasteiger partial charge in [-0.1, -0.05) is 0 Å². The van der Waals surface area contributed by atoms with Crippen molar-refractivity contribution in [1.82, 2.24) is 9.55 Å². The van der Waals surface area contributed by atoms with E-state index in [0.717, 1.165) is 31.8 Å². The zero-order valence-corrected chi connectivity index (χ0v) is 11.0. The second kappa shape index (κ2) is 7.12. The number of imidazole rings is 1. The van der Waals surface area contributed by atoms with Crippen molar-refractivity contribution in [2.45, 2.75) is 38.5 Å². The van der Waals surface area contributed by atoms with E-state index >= 15 is 0 Å². The van der Waals surface area contributed by atoms with Crippen LogP contribution in [0.15, 0.2) is 12.4 Å². The summed E-state index contributed by atoms with van der Waals surface area (Å²) in [5.41, 5.74) is 6.02. The molecule has 6 heteroatoms. The van der Waals surface area contributed by atoms with Gasteiger partial charge in [0.15, 0.2) is 0 Å². The molecule has 1 saturated heterocycles. The van der Waals surface area contributed by atoms with E-state index in [1.165, 1.54) is 0 Å². The molecule has 2 atom stereocenters. The van der Waals surface area contributed by atoms with E-state index in [-0.39, 0.29) is 37.0 Å². The topological polar surface area (TPSA) is 53.1 Å². The van der Waals surface area contributed by atoms with Gasteiger partial charge in [-0.25, -0.2) is 4.98 Å². The van der Waals surface area contributed by atoms with Crippen LogP contribution < -0.4 is 5.73 Å². The summed E-state index contributed by atoms with van der Waals surface area (Å²) in [5.74, 6) is 0.972. The molecular formula is C10H19Cl2N3O. The van der Waals surface area contributed by atoms with E-state index < -0.39 is 0 Å². The summed E-state index contributed by atoms with van der Waals surface area (Å²) in [7, 11) is 0. The Morgan fingerprint density at radius 3 is 2.94 bits per heavy atom. The molecule has 16 heavy (non-hydrogen) atoms. The normalized spacial score (nSPS) is 24.4. The molecule has 0 spiro atoms. The number of hydrogen-bond donors (Lipinski definition) is 1. The minimum atomic E-state index is -0.0151. The lowest BCUT2D eigenvalue weighted by atomic mass is 10.0. The van der Waals surface area contributed by atoms with Crippen LogP contribution in [0.4, 0.5) is 0 Å². The van der Waals surface area contributed by atoms with Crippen molar-refractivity contribution in [3.05, 3.63) is 18.2 Å². The molecule has 1 aromatic heterocycles. The van der Waals surface area contributed by atoms with E-state index in [2.05, 4.69) is 16.5 Å². The number of hydrogen-bond acceptors (Lipinski definition) is 3. The Hall–Kier alpha value is -0.290. The highest BCUT2D eigenvalue weighted by molar-refractivity contribution is 5.85. The molecule has 1 aromatic rings. The van der Waals surface area contributed by atoms with E-state index in [9.17, 15) is 0 Å². The smallest absolute Gasteiger partial charge is 0.139 e. The molecule has 2 heterocycles. The third-order valence-electron chi connectivity index (χ3n) is 2.71. The lowest BCUT2D eigenvalue weighted by molar-refractivity contribution is -0.00711. The SMILES string of the molecule is CCn1ccnc1[C@@H]1OCCC[C@H]1N.Cl.Cl. The largest absolute Gasteiger partial charge is 0.369 e. The summed E-state index contributed by atoms with van der Waals surface area (Å²) in [6, 6.07) is 0.0939. The lowest BCUT2D eigenvalue weighted by Crippen LogP contribution is -2.36. The molecule has 1 aliphatic rings. The van der Waals surface area contributed by atoms with Crippen LogP contribution in [0, 0.1) is 0 Å². The molecule has 1 aliphatic heterocycles. The highest BCUT2D eigenvalue weighted by Crippen LogP contribution is 2.25. The fourth-order valence-electron chi connectivity index (χ4n) is 1.92. The molecule has 0 aromatic carbocycles. The molecule has 0 saturated carbocycles. The Balaban J connectivity index is 0.00000112. The molecule has 0 radical (unpaired) electrons. The second-order valence-corrected chi connectivity index (χ2v) is 3.67. The van der Waals surface area contributed by atoms with Gasteiger partial charge in [-0.05, 0) is 19.8 Å². The van der Waals surface area contributed by atoms with Crippen molar-refractivity contribution >= 4 is 24.8 Å². The third-order valence-corrected chi connectivity index (χ3v) is 2.71. The van der Waals surface area contributed by atoms with E-state index in [4.69, 9.17) is 10.5 Å². The maximum atomic E-state index is 6.02. The Morgan fingerprint density at radius 2 is 2.31 bits per heavy atom. The maximum absolute atomic E-state index is 6.02. The highest BCUT2D eigenvalue weighted by atomic mass is 35.5. The molecule has 1 fully saturated rings. The van der Waals surface area contributed by atoms with Gasteiger partial charge < -0.3 is 15.0 Å². The number of aromatic nitrogens is 2. The maximum Gasteiger partial charge on any atom is 0.139 e. The molecule has 2 N–H and O–H groups in total. The van der Waals surface area contributed by atoms with Gasteiger partial charge in [0.25, 0.3) is 0 Å². The Labute approximate surface area is 108 Å². The second-order valence-electron chi connectivity index (χ2n) is 3.67. The fraction of sp³-hybridized carbons (Fsp3) is 0.700. The first-order valence-corrected chi connectivity index (χ1v) is 5.21. The van der Waals surface area contributed by atoms with Gasteiger partial charge >= 0.3 is 0 Å². The summed E-state index contributed by atoms with van der Waals surface area (Å²) in [4.78, 5) is 4.32. The van der Waals surface area contributed by atoms with Gasteiger partial charge in [0, 0.05) is 31.6 Å². The summed E-state index contributed by atoms with van der Waals surface area (Å²) < 4.78 is 7.76. The molecular weight excluding hydrogens is 249 g/mol. The number of nitrogens with zero attached hydrogens (tertiary/aromatic N) is 2. The first-order chi connectivity index (χ1) is 6.83. The van der Waals surface area contributed by atoms with E-state index in [1.807, 2.05) is 12.4 Å². The van der Waals surface area contributed by atoms with Crippen molar-refractivity contribution in [3.63, 3.8) is 0 Å². The molecule has 0 aliphatic carbocycles. The van der Waals surface area contributed by atoms with Gasteiger partial charge in [0.1, 0.15) is 11.9 Å². The van der Waals surface area contributed by atoms with E-state index in [0.29, 0.717) is 0 Å². The van der Waals surface area contributed by atoms with Crippen LogP contribution in [0.3, 0.4) is 0 Å². The molecule has 4 nitrogen and oxygen atoms in total. The summed E-state index contributed by atoms with van der Waals surface area (Å²) in [6.07, 6.45) is 5.86. The zero-order valence-electron chi connectivity index (χ0n) is 9.33. The predicted molar refractivity (Wildman–Crippen MR) is 68.3 cm³/mol. The van der Waals surface area contributed by atoms with Crippen molar-refractivity contribution in [1.29, 1.82) is 0 Å². The number of rotatable bonds is 2. The number of nitrogens with two attached hydrogens (primary N) is 1. The lowest BCUT2D eigenvalue weighted by Gasteiger charge is -2.28. The molecule has 0 unspecified atom stereocenters. The van der Waals surface area contributed by atoms with Crippen LogP contribution >= 0.6 is 24.8 Å². The van der Waals surface area contributed by atoms with Crippen LogP contribution in [0.2, 0.25) is 0 Å². The number of aryl methyl sites for hydroxylation is 1. The van der Waals surface area contributed by atoms with Crippen LogP contribution in [-0.2, 0) is 11.3 Å². The molecule has 0 amide bonds. The molecule has 94 valence electrons. The van der Waals surface area contributed by atoms with Crippen molar-refractivity contribution in [2.24, 2.45) is 5.73 Å². The number of halogens is 2. The van der Waals surface area contributed by atoms with Crippen LogP contribution in [0.1, 0.15) is 31.7 Å². The number of ether oxygens (including phenoxy) is 1. The first kappa shape index (κ1) is 15.7. The van der Waals surface area contributed by atoms with Crippen LogP contribution in [0.5, 0.6) is 0 Å². The highest BCUT2D eigenvalue weighted by Gasteiger charge is 2.27. The van der Waals surface area contributed by atoms with Gasteiger partial charge in [-0.15, -0.1) is 24.8 Å². The standard InChI is InChI=1S/C10H17N3O.2ClH/c1-2-13-6-5-12-10(13)9-8(11)4-3-7-14-9;;/h5-6,8-9H,2-4,7,11H2,1H3;2*1H/t8-,9-;;/m1../s1. The van der Waals surface area contributed by atoms with E-state index in [1.54, 1.807) is 0 Å². The molecule has 2 rings (SSSR count). The quantitative estimate of drug-likeness (QED) is 0.891.